The number of rotatable bonds is 2. The molecule has 1 rings (SSSR count). The van der Waals surface area contributed by atoms with E-state index in [0.717, 1.165) is 17.5 Å². The fourth-order valence-corrected chi connectivity index (χ4v) is 1.47. The van der Waals surface area contributed by atoms with Gasteiger partial charge in [0.1, 0.15) is 5.82 Å². The average molecular weight is 231 g/mol. The van der Waals surface area contributed by atoms with E-state index in [1.54, 1.807) is 6.07 Å². The molecule has 1 aromatic carbocycles. The van der Waals surface area contributed by atoms with Crippen molar-refractivity contribution in [2.45, 2.75) is 25.1 Å². The Morgan fingerprint density at radius 3 is 2.67 bits per heavy atom. The fourth-order valence-electron chi connectivity index (χ4n) is 1.12. The lowest BCUT2D eigenvalue weighted by Gasteiger charge is -2.05. The van der Waals surface area contributed by atoms with Crippen molar-refractivity contribution in [3.63, 3.8) is 0 Å². The van der Waals surface area contributed by atoms with Gasteiger partial charge in [0, 0.05) is 4.83 Å². The molecule has 1 atom stereocenters. The highest BCUT2D eigenvalue weighted by Crippen LogP contribution is 2.14. The van der Waals surface area contributed by atoms with Crippen LogP contribution in [-0.4, -0.2) is 4.83 Å². The Kier molecular flexibility index (Phi) is 3.27. The maximum Gasteiger partial charge on any atom is 0.126 e. The Morgan fingerprint density at radius 1 is 1.50 bits per heavy atom. The molecule has 2 heteroatoms. The van der Waals surface area contributed by atoms with E-state index < -0.39 is 0 Å². The summed E-state index contributed by atoms with van der Waals surface area (Å²) < 4.78 is 13.2. The molecule has 0 aliphatic rings. The minimum atomic E-state index is -0.0960. The molecule has 1 aromatic rings. The number of halogens is 2. The summed E-state index contributed by atoms with van der Waals surface area (Å²) in [6.07, 6.45) is 0.742. The number of hydrogen-bond acceptors (Lipinski definition) is 0. The van der Waals surface area contributed by atoms with E-state index in [1.807, 2.05) is 26.0 Å². The minimum Gasteiger partial charge on any atom is -0.207 e. The second-order valence-electron chi connectivity index (χ2n) is 3.08. The third-order valence-electron chi connectivity index (χ3n) is 1.71. The lowest BCUT2D eigenvalue weighted by molar-refractivity contribution is 0.607. The topological polar surface area (TPSA) is 0 Å². The first-order valence-corrected chi connectivity index (χ1v) is 4.90. The second kappa shape index (κ2) is 4.04. The molecule has 0 saturated heterocycles. The summed E-state index contributed by atoms with van der Waals surface area (Å²) in [6, 6.07) is 5.36. The number of hydrogen-bond donors (Lipinski definition) is 0. The first kappa shape index (κ1) is 9.72. The van der Waals surface area contributed by atoms with Gasteiger partial charge >= 0.3 is 0 Å². The van der Waals surface area contributed by atoms with Crippen LogP contribution in [0.2, 0.25) is 0 Å². The zero-order valence-corrected chi connectivity index (χ0v) is 8.86. The van der Waals surface area contributed by atoms with Crippen LogP contribution >= 0.6 is 15.9 Å². The lowest BCUT2D eigenvalue weighted by Crippen LogP contribution is -1.99. The van der Waals surface area contributed by atoms with Crippen LogP contribution in [0.4, 0.5) is 4.39 Å². The van der Waals surface area contributed by atoms with Crippen molar-refractivity contribution in [3.05, 3.63) is 35.1 Å². The van der Waals surface area contributed by atoms with Crippen LogP contribution in [0.15, 0.2) is 18.2 Å². The van der Waals surface area contributed by atoms with Crippen LogP contribution < -0.4 is 0 Å². The molecule has 1 unspecified atom stereocenters. The van der Waals surface area contributed by atoms with Crippen molar-refractivity contribution in [2.75, 3.05) is 0 Å². The molecule has 0 aliphatic heterocycles. The summed E-state index contributed by atoms with van der Waals surface area (Å²) in [6.45, 7) is 3.91. The molecule has 0 aromatic heterocycles. The van der Waals surface area contributed by atoms with Gasteiger partial charge in [0.05, 0.1) is 0 Å². The zero-order chi connectivity index (χ0) is 9.14. The van der Waals surface area contributed by atoms with Crippen molar-refractivity contribution in [1.29, 1.82) is 0 Å². The Bertz CT molecular complexity index is 269. The van der Waals surface area contributed by atoms with Crippen LogP contribution in [0.5, 0.6) is 0 Å². The highest BCUT2D eigenvalue weighted by molar-refractivity contribution is 9.09. The molecule has 0 radical (unpaired) electrons. The Balaban J connectivity index is 2.86. The molecular formula is C10H12BrF. The Hall–Kier alpha value is -0.370. The lowest BCUT2D eigenvalue weighted by atomic mass is 10.1. The molecule has 0 fully saturated rings. The predicted molar refractivity (Wildman–Crippen MR) is 53.2 cm³/mol. The summed E-state index contributed by atoms with van der Waals surface area (Å²) in [7, 11) is 0. The molecule has 0 aliphatic carbocycles. The number of benzene rings is 1. The van der Waals surface area contributed by atoms with Gasteiger partial charge in [-0.15, -0.1) is 0 Å². The smallest absolute Gasteiger partial charge is 0.126 e. The average Bonchev–Trinajstić information content (AvgIpc) is 1.94. The molecule has 12 heavy (non-hydrogen) atoms. The maximum atomic E-state index is 13.2. The van der Waals surface area contributed by atoms with Crippen molar-refractivity contribution < 1.29 is 4.39 Å². The quantitative estimate of drug-likeness (QED) is 0.683. The van der Waals surface area contributed by atoms with Gasteiger partial charge in [0.25, 0.3) is 0 Å². The largest absolute Gasteiger partial charge is 0.207 e. The Morgan fingerprint density at radius 2 is 2.17 bits per heavy atom. The van der Waals surface area contributed by atoms with Gasteiger partial charge in [0.2, 0.25) is 0 Å². The van der Waals surface area contributed by atoms with Gasteiger partial charge in [-0.3, -0.25) is 0 Å². The highest BCUT2D eigenvalue weighted by atomic mass is 79.9. The van der Waals surface area contributed by atoms with Gasteiger partial charge in [-0.05, 0) is 30.5 Å². The van der Waals surface area contributed by atoms with E-state index in [4.69, 9.17) is 0 Å². The molecule has 66 valence electrons. The third-order valence-corrected chi connectivity index (χ3v) is 2.03. The summed E-state index contributed by atoms with van der Waals surface area (Å²) in [5.41, 5.74) is 1.75. The third kappa shape index (κ3) is 2.59. The Labute approximate surface area is 80.9 Å². The van der Waals surface area contributed by atoms with Crippen LogP contribution in [0.25, 0.3) is 0 Å². The first-order valence-electron chi connectivity index (χ1n) is 3.98. The zero-order valence-electron chi connectivity index (χ0n) is 7.27. The number of alkyl halides is 1. The summed E-state index contributed by atoms with van der Waals surface area (Å²) in [5, 5.41) is 0. The summed E-state index contributed by atoms with van der Waals surface area (Å²) >= 11 is 3.40. The molecule has 0 amide bonds. The van der Waals surface area contributed by atoms with Gasteiger partial charge in [-0.2, -0.15) is 0 Å². The van der Waals surface area contributed by atoms with E-state index in [2.05, 4.69) is 15.9 Å². The highest BCUT2D eigenvalue weighted by Gasteiger charge is 2.04. The number of aryl methyl sites for hydroxylation is 1. The van der Waals surface area contributed by atoms with Gasteiger partial charge in [0.15, 0.2) is 0 Å². The predicted octanol–water partition coefficient (Wildman–Crippen LogP) is 3.46. The molecule has 0 bridgehead atoms. The van der Waals surface area contributed by atoms with Crippen LogP contribution in [-0.2, 0) is 6.42 Å². The standard InChI is InChI=1S/C10H12BrF/c1-7-3-4-9(6-8(2)11)10(12)5-7/h3-5,8H,6H2,1-2H3. The maximum absolute atomic E-state index is 13.2. The van der Waals surface area contributed by atoms with Gasteiger partial charge in [-0.25, -0.2) is 4.39 Å². The van der Waals surface area contributed by atoms with E-state index in [1.165, 1.54) is 0 Å². The van der Waals surface area contributed by atoms with Gasteiger partial charge < -0.3 is 0 Å². The first-order chi connectivity index (χ1) is 5.59. The van der Waals surface area contributed by atoms with Gasteiger partial charge in [-0.1, -0.05) is 35.0 Å². The van der Waals surface area contributed by atoms with Crippen LogP contribution in [0.1, 0.15) is 18.1 Å². The second-order valence-corrected chi connectivity index (χ2v) is 4.64. The molecule has 0 saturated carbocycles. The fraction of sp³-hybridized carbons (Fsp3) is 0.400. The molecular weight excluding hydrogens is 219 g/mol. The minimum absolute atomic E-state index is 0.0960. The summed E-state index contributed by atoms with van der Waals surface area (Å²) in [4.78, 5) is 0.328. The normalized spacial score (nSPS) is 13.0. The van der Waals surface area contributed by atoms with E-state index >= 15 is 0 Å². The van der Waals surface area contributed by atoms with E-state index in [0.29, 0.717) is 4.83 Å². The molecule has 0 heterocycles. The van der Waals surface area contributed by atoms with Crippen molar-refractivity contribution in [1.82, 2.24) is 0 Å². The van der Waals surface area contributed by atoms with Crippen LogP contribution in [0.3, 0.4) is 0 Å². The SMILES string of the molecule is Cc1ccc(CC(C)Br)c(F)c1. The van der Waals surface area contributed by atoms with E-state index in [-0.39, 0.29) is 5.82 Å². The van der Waals surface area contributed by atoms with Crippen molar-refractivity contribution in [2.24, 2.45) is 0 Å². The molecule has 0 N–H and O–H groups in total. The molecule has 0 spiro atoms. The monoisotopic (exact) mass is 230 g/mol. The van der Waals surface area contributed by atoms with E-state index in [9.17, 15) is 4.39 Å². The molecule has 0 nitrogen and oxygen atoms in total. The summed E-state index contributed by atoms with van der Waals surface area (Å²) in [5.74, 6) is -0.0960. The van der Waals surface area contributed by atoms with Crippen LogP contribution in [0, 0.1) is 12.7 Å². The van der Waals surface area contributed by atoms with Crippen molar-refractivity contribution in [3.8, 4) is 0 Å². The van der Waals surface area contributed by atoms with Crippen molar-refractivity contribution >= 4 is 15.9 Å².